The summed E-state index contributed by atoms with van der Waals surface area (Å²) in [6, 6.07) is 4.07. The molecule has 2 heterocycles. The van der Waals surface area contributed by atoms with Crippen molar-refractivity contribution in [3.8, 4) is 0 Å². The van der Waals surface area contributed by atoms with Crippen LogP contribution < -0.4 is 5.73 Å². The molecule has 1 atom stereocenters. The van der Waals surface area contributed by atoms with E-state index < -0.39 is 0 Å². The number of anilines is 1. The topological polar surface area (TPSA) is 56.2 Å². The lowest BCUT2D eigenvalue weighted by molar-refractivity contribution is 0.627. The van der Waals surface area contributed by atoms with Crippen LogP contribution in [0.1, 0.15) is 38.3 Å². The molecule has 0 spiro atoms. The molecule has 80 valence electrons. The maximum absolute atomic E-state index is 5.77. The highest BCUT2D eigenvalue weighted by Crippen LogP contribution is 2.23. The minimum Gasteiger partial charge on any atom is -0.382 e. The van der Waals surface area contributed by atoms with E-state index in [1.807, 2.05) is 10.6 Å². The van der Waals surface area contributed by atoms with Gasteiger partial charge in [-0.15, -0.1) is 0 Å². The van der Waals surface area contributed by atoms with E-state index in [9.17, 15) is 0 Å². The van der Waals surface area contributed by atoms with Crippen molar-refractivity contribution in [2.24, 2.45) is 0 Å². The lowest BCUT2D eigenvalue weighted by Gasteiger charge is -2.09. The second-order valence-corrected chi connectivity index (χ2v) is 3.89. The number of hydrogen-bond acceptors (Lipinski definition) is 3. The van der Waals surface area contributed by atoms with Crippen LogP contribution in [0.5, 0.6) is 0 Å². The Morgan fingerprint density at radius 3 is 3.00 bits per heavy atom. The lowest BCUT2D eigenvalue weighted by atomic mass is 10.0. The Kier molecular flexibility index (Phi) is 2.58. The van der Waals surface area contributed by atoms with Gasteiger partial charge >= 0.3 is 0 Å². The molecule has 0 aliphatic rings. The van der Waals surface area contributed by atoms with E-state index in [2.05, 4.69) is 30.0 Å². The van der Waals surface area contributed by atoms with Crippen molar-refractivity contribution in [1.29, 1.82) is 0 Å². The van der Waals surface area contributed by atoms with Crippen LogP contribution in [-0.4, -0.2) is 14.6 Å². The standard InChI is InChI=1S/C11H16N4/c1-3-4-8(2)9-5-6-10-11(12)13-7-14-15(9)10/h5-8H,3-4H2,1-2H3,(H2,12,13,14). The number of hydrogen-bond donors (Lipinski definition) is 1. The smallest absolute Gasteiger partial charge is 0.151 e. The quantitative estimate of drug-likeness (QED) is 0.834. The molecule has 0 aliphatic carbocycles. The number of nitrogens with two attached hydrogens (primary N) is 1. The predicted molar refractivity (Wildman–Crippen MR) is 60.7 cm³/mol. The number of rotatable bonds is 3. The summed E-state index contributed by atoms with van der Waals surface area (Å²) >= 11 is 0. The van der Waals surface area contributed by atoms with Crippen LogP contribution >= 0.6 is 0 Å². The molecule has 0 fully saturated rings. The normalized spacial score (nSPS) is 13.2. The Morgan fingerprint density at radius 1 is 1.47 bits per heavy atom. The van der Waals surface area contributed by atoms with Crippen LogP contribution in [-0.2, 0) is 0 Å². The fourth-order valence-corrected chi connectivity index (χ4v) is 1.93. The number of aromatic nitrogens is 3. The summed E-state index contributed by atoms with van der Waals surface area (Å²) in [6.45, 7) is 4.40. The van der Waals surface area contributed by atoms with Gasteiger partial charge < -0.3 is 5.73 Å². The van der Waals surface area contributed by atoms with Crippen molar-refractivity contribution in [1.82, 2.24) is 14.6 Å². The summed E-state index contributed by atoms with van der Waals surface area (Å²) < 4.78 is 1.89. The second-order valence-electron chi connectivity index (χ2n) is 3.89. The van der Waals surface area contributed by atoms with Gasteiger partial charge in [0, 0.05) is 5.69 Å². The zero-order valence-electron chi connectivity index (χ0n) is 9.14. The van der Waals surface area contributed by atoms with E-state index in [0.29, 0.717) is 11.7 Å². The highest BCUT2D eigenvalue weighted by atomic mass is 15.3. The average Bonchev–Trinajstić information content (AvgIpc) is 2.63. The van der Waals surface area contributed by atoms with Gasteiger partial charge in [0.15, 0.2) is 5.82 Å². The molecule has 2 aromatic rings. The third-order valence-corrected chi connectivity index (χ3v) is 2.74. The SMILES string of the molecule is CCCC(C)c1ccc2c(N)ncnn12. The van der Waals surface area contributed by atoms with E-state index in [4.69, 9.17) is 5.73 Å². The molecule has 0 saturated heterocycles. The van der Waals surface area contributed by atoms with Gasteiger partial charge in [0.2, 0.25) is 0 Å². The molecule has 4 heteroatoms. The van der Waals surface area contributed by atoms with Crippen LogP contribution in [0, 0.1) is 0 Å². The monoisotopic (exact) mass is 204 g/mol. The number of nitrogens with zero attached hydrogens (tertiary/aromatic N) is 3. The molecule has 0 saturated carbocycles. The largest absolute Gasteiger partial charge is 0.382 e. The number of nitrogen functional groups attached to an aromatic ring is 1. The van der Waals surface area contributed by atoms with E-state index in [1.165, 1.54) is 18.4 Å². The van der Waals surface area contributed by atoms with Gasteiger partial charge in [-0.1, -0.05) is 20.3 Å². The maximum Gasteiger partial charge on any atom is 0.151 e. The Labute approximate surface area is 89.1 Å². The Morgan fingerprint density at radius 2 is 2.27 bits per heavy atom. The highest BCUT2D eigenvalue weighted by molar-refractivity contribution is 5.65. The molecule has 2 rings (SSSR count). The molecule has 0 aliphatic heterocycles. The van der Waals surface area contributed by atoms with Gasteiger partial charge in [-0.2, -0.15) is 5.10 Å². The third kappa shape index (κ3) is 1.67. The Hall–Kier alpha value is -1.58. The van der Waals surface area contributed by atoms with E-state index >= 15 is 0 Å². The zero-order valence-corrected chi connectivity index (χ0v) is 9.14. The van der Waals surface area contributed by atoms with E-state index in [0.717, 1.165) is 11.9 Å². The van der Waals surface area contributed by atoms with Crippen molar-refractivity contribution in [3.63, 3.8) is 0 Å². The summed E-state index contributed by atoms with van der Waals surface area (Å²) in [5.74, 6) is 1.05. The van der Waals surface area contributed by atoms with Gasteiger partial charge in [-0.25, -0.2) is 9.50 Å². The highest BCUT2D eigenvalue weighted by Gasteiger charge is 2.11. The molecular formula is C11H16N4. The Bertz CT molecular complexity index is 461. The summed E-state index contributed by atoms with van der Waals surface area (Å²) in [5, 5.41) is 4.23. The first-order chi connectivity index (χ1) is 7.24. The van der Waals surface area contributed by atoms with Crippen LogP contribution in [0.15, 0.2) is 18.5 Å². The summed E-state index contributed by atoms with van der Waals surface area (Å²) in [7, 11) is 0. The molecular weight excluding hydrogens is 188 g/mol. The predicted octanol–water partition coefficient (Wildman–Crippen LogP) is 2.22. The third-order valence-electron chi connectivity index (χ3n) is 2.74. The fourth-order valence-electron chi connectivity index (χ4n) is 1.93. The zero-order chi connectivity index (χ0) is 10.8. The van der Waals surface area contributed by atoms with Gasteiger partial charge in [0.1, 0.15) is 11.8 Å². The minimum atomic E-state index is 0.506. The van der Waals surface area contributed by atoms with Crippen molar-refractivity contribution in [2.45, 2.75) is 32.6 Å². The van der Waals surface area contributed by atoms with Crippen LogP contribution in [0.2, 0.25) is 0 Å². The van der Waals surface area contributed by atoms with Gasteiger partial charge in [-0.3, -0.25) is 0 Å². The van der Waals surface area contributed by atoms with Crippen LogP contribution in [0.25, 0.3) is 5.52 Å². The van der Waals surface area contributed by atoms with E-state index in [-0.39, 0.29) is 0 Å². The lowest BCUT2D eigenvalue weighted by Crippen LogP contribution is -2.04. The van der Waals surface area contributed by atoms with Gasteiger partial charge in [-0.05, 0) is 24.5 Å². The van der Waals surface area contributed by atoms with Crippen molar-refractivity contribution >= 4 is 11.3 Å². The number of fused-ring (bicyclic) bond motifs is 1. The first-order valence-corrected chi connectivity index (χ1v) is 5.32. The summed E-state index contributed by atoms with van der Waals surface area (Å²) in [5.41, 5.74) is 7.88. The molecule has 2 N–H and O–H groups in total. The first-order valence-electron chi connectivity index (χ1n) is 5.32. The molecule has 1 unspecified atom stereocenters. The summed E-state index contributed by atoms with van der Waals surface area (Å²) in [6.07, 6.45) is 3.84. The van der Waals surface area contributed by atoms with E-state index in [1.54, 1.807) is 0 Å². The molecule has 0 amide bonds. The summed E-state index contributed by atoms with van der Waals surface area (Å²) in [4.78, 5) is 3.97. The van der Waals surface area contributed by atoms with Crippen LogP contribution in [0.3, 0.4) is 0 Å². The maximum atomic E-state index is 5.77. The van der Waals surface area contributed by atoms with Gasteiger partial charge in [0.25, 0.3) is 0 Å². The van der Waals surface area contributed by atoms with Crippen LogP contribution in [0.4, 0.5) is 5.82 Å². The van der Waals surface area contributed by atoms with Crippen molar-refractivity contribution in [3.05, 3.63) is 24.2 Å². The van der Waals surface area contributed by atoms with Crippen molar-refractivity contribution < 1.29 is 0 Å². The molecule has 0 radical (unpaired) electrons. The Balaban J connectivity index is 2.49. The average molecular weight is 204 g/mol. The molecule has 2 aromatic heterocycles. The molecule has 0 aromatic carbocycles. The minimum absolute atomic E-state index is 0.506. The van der Waals surface area contributed by atoms with Crippen molar-refractivity contribution in [2.75, 3.05) is 5.73 Å². The second kappa shape index (κ2) is 3.88. The molecule has 4 nitrogen and oxygen atoms in total. The molecule has 0 bridgehead atoms. The van der Waals surface area contributed by atoms with Gasteiger partial charge in [0.05, 0.1) is 0 Å². The first kappa shape index (κ1) is 9.96. The molecule has 15 heavy (non-hydrogen) atoms. The fraction of sp³-hybridized carbons (Fsp3) is 0.455.